The molecule has 1 rings (SSSR count). The van der Waals surface area contributed by atoms with E-state index in [0.717, 1.165) is 12.8 Å². The van der Waals surface area contributed by atoms with Gasteiger partial charge in [-0.05, 0) is 12.8 Å². The van der Waals surface area contributed by atoms with Gasteiger partial charge in [-0.1, -0.05) is 0 Å². The Labute approximate surface area is 59.0 Å². The molecular weight excluding hydrogens is 148 g/mol. The van der Waals surface area contributed by atoms with Crippen LogP contribution in [0.3, 0.4) is 0 Å². The highest BCUT2D eigenvalue weighted by atomic mass is 35.5. The van der Waals surface area contributed by atoms with Gasteiger partial charge >= 0.3 is 0 Å². The lowest BCUT2D eigenvalue weighted by Gasteiger charge is -2.04. The Balaban J connectivity index is 0.000000640. The second-order valence-corrected chi connectivity index (χ2v) is 2.46. The van der Waals surface area contributed by atoms with Crippen molar-refractivity contribution < 1.29 is 8.78 Å². The summed E-state index contributed by atoms with van der Waals surface area (Å²) in [6, 6.07) is 0. The summed E-state index contributed by atoms with van der Waals surface area (Å²) in [7, 11) is 0. The molecule has 0 atom stereocenters. The van der Waals surface area contributed by atoms with E-state index in [1.54, 1.807) is 0 Å². The van der Waals surface area contributed by atoms with Gasteiger partial charge in [-0.2, -0.15) is 0 Å². The van der Waals surface area contributed by atoms with Gasteiger partial charge in [0, 0.05) is 12.0 Å². The average molecular weight is 158 g/mol. The maximum absolute atomic E-state index is 11.5. The third-order valence-electron chi connectivity index (χ3n) is 1.45. The van der Waals surface area contributed by atoms with Crippen molar-refractivity contribution in [3.05, 3.63) is 0 Å². The van der Waals surface area contributed by atoms with E-state index in [1.807, 2.05) is 0 Å². The highest BCUT2D eigenvalue weighted by molar-refractivity contribution is 5.85. The molecule has 0 aromatic carbocycles. The molecule has 0 saturated heterocycles. The number of nitrogens with two attached hydrogens (primary N) is 1. The molecular formula is C5H10ClF2N. The molecule has 0 bridgehead atoms. The first-order chi connectivity index (χ1) is 3.62. The summed E-state index contributed by atoms with van der Waals surface area (Å²) in [5.41, 5.74) is 4.89. The molecule has 0 radical (unpaired) electrons. The molecule has 2 N–H and O–H groups in total. The van der Waals surface area contributed by atoms with Gasteiger partial charge in [0.1, 0.15) is 0 Å². The highest BCUT2D eigenvalue weighted by Gasteiger charge is 2.40. The Morgan fingerprint density at radius 1 is 1.44 bits per heavy atom. The van der Waals surface area contributed by atoms with Crippen LogP contribution in [0.5, 0.6) is 0 Å². The van der Waals surface area contributed by atoms with Crippen molar-refractivity contribution in [3.8, 4) is 0 Å². The predicted octanol–water partition coefficient (Wildman–Crippen LogP) is 1.55. The first-order valence-corrected chi connectivity index (χ1v) is 2.69. The van der Waals surface area contributed by atoms with Gasteiger partial charge < -0.3 is 5.73 Å². The van der Waals surface area contributed by atoms with Crippen LogP contribution in [0.2, 0.25) is 0 Å². The highest BCUT2D eigenvalue weighted by Crippen LogP contribution is 2.37. The smallest absolute Gasteiger partial charge is 0.240 e. The molecule has 1 aliphatic carbocycles. The summed E-state index contributed by atoms with van der Waals surface area (Å²) in [6.45, 7) is 0. The Morgan fingerprint density at radius 3 is 2.00 bits per heavy atom. The van der Waals surface area contributed by atoms with Gasteiger partial charge in [-0.25, -0.2) is 8.78 Å². The summed E-state index contributed by atoms with van der Waals surface area (Å²) >= 11 is 0. The zero-order chi connectivity index (χ0) is 6.20. The van der Waals surface area contributed by atoms with Crippen LogP contribution in [-0.2, 0) is 0 Å². The minimum absolute atomic E-state index is 0. The Bertz CT molecular complexity index is 93.0. The lowest BCUT2D eigenvalue weighted by molar-refractivity contribution is 0.125. The number of rotatable bonds is 2. The third kappa shape index (κ3) is 2.96. The van der Waals surface area contributed by atoms with Crippen molar-refractivity contribution >= 4 is 12.4 Å². The van der Waals surface area contributed by atoms with Gasteiger partial charge in [-0.3, -0.25) is 0 Å². The van der Waals surface area contributed by atoms with Crippen LogP contribution in [0.25, 0.3) is 0 Å². The molecule has 1 aliphatic rings. The van der Waals surface area contributed by atoms with Crippen LogP contribution in [0.15, 0.2) is 0 Å². The lowest BCUT2D eigenvalue weighted by atomic mass is 10.2. The van der Waals surface area contributed by atoms with Crippen molar-refractivity contribution in [2.45, 2.75) is 31.2 Å². The molecule has 1 nitrogen and oxygen atoms in total. The Hall–Kier alpha value is 0.110. The predicted molar refractivity (Wildman–Crippen MR) is 34.0 cm³/mol. The summed E-state index contributed by atoms with van der Waals surface area (Å²) < 4.78 is 23.0. The van der Waals surface area contributed by atoms with Crippen molar-refractivity contribution in [2.24, 2.45) is 5.73 Å². The van der Waals surface area contributed by atoms with Crippen molar-refractivity contribution in [2.75, 3.05) is 0 Å². The summed E-state index contributed by atoms with van der Waals surface area (Å²) in [4.78, 5) is 0. The van der Waals surface area contributed by atoms with E-state index in [9.17, 15) is 8.78 Å². The van der Waals surface area contributed by atoms with E-state index in [4.69, 9.17) is 5.73 Å². The minimum Gasteiger partial charge on any atom is -0.325 e. The van der Waals surface area contributed by atoms with Crippen LogP contribution in [0.4, 0.5) is 8.78 Å². The molecule has 9 heavy (non-hydrogen) atoms. The molecule has 4 heteroatoms. The van der Waals surface area contributed by atoms with E-state index >= 15 is 0 Å². The molecule has 1 saturated carbocycles. The van der Waals surface area contributed by atoms with E-state index < -0.39 is 12.0 Å². The zero-order valence-electron chi connectivity index (χ0n) is 4.94. The van der Waals surface area contributed by atoms with E-state index in [-0.39, 0.29) is 18.8 Å². The fourth-order valence-corrected chi connectivity index (χ4v) is 0.672. The summed E-state index contributed by atoms with van der Waals surface area (Å²) in [5, 5.41) is 0. The molecule has 0 aromatic heterocycles. The van der Waals surface area contributed by atoms with Gasteiger partial charge in [-0.15, -0.1) is 12.4 Å². The quantitative estimate of drug-likeness (QED) is 0.647. The largest absolute Gasteiger partial charge is 0.325 e. The minimum atomic E-state index is -2.22. The van der Waals surface area contributed by atoms with Crippen molar-refractivity contribution in [1.29, 1.82) is 0 Å². The molecule has 0 heterocycles. The maximum Gasteiger partial charge on any atom is 0.240 e. The Morgan fingerprint density at radius 2 is 1.89 bits per heavy atom. The van der Waals surface area contributed by atoms with E-state index in [0.29, 0.717) is 0 Å². The van der Waals surface area contributed by atoms with Crippen LogP contribution < -0.4 is 5.73 Å². The van der Waals surface area contributed by atoms with Gasteiger partial charge in [0.25, 0.3) is 0 Å². The molecule has 1 fully saturated rings. The lowest BCUT2D eigenvalue weighted by Crippen LogP contribution is -2.24. The first kappa shape index (κ1) is 9.11. The second kappa shape index (κ2) is 2.80. The van der Waals surface area contributed by atoms with E-state index in [2.05, 4.69) is 0 Å². The molecule has 0 aromatic rings. The van der Waals surface area contributed by atoms with Gasteiger partial charge in [0.05, 0.1) is 0 Å². The first-order valence-electron chi connectivity index (χ1n) is 2.69. The van der Waals surface area contributed by atoms with E-state index in [1.165, 1.54) is 0 Å². The van der Waals surface area contributed by atoms with Crippen LogP contribution in [-0.4, -0.2) is 12.0 Å². The zero-order valence-corrected chi connectivity index (χ0v) is 5.76. The number of alkyl halides is 2. The number of halogens is 3. The topological polar surface area (TPSA) is 26.0 Å². The van der Waals surface area contributed by atoms with Crippen molar-refractivity contribution in [1.82, 2.24) is 0 Å². The average Bonchev–Trinajstić information content (AvgIpc) is 2.17. The van der Waals surface area contributed by atoms with Gasteiger partial charge in [0.2, 0.25) is 6.43 Å². The fraction of sp³-hybridized carbons (Fsp3) is 1.00. The van der Waals surface area contributed by atoms with Crippen molar-refractivity contribution in [3.63, 3.8) is 0 Å². The van der Waals surface area contributed by atoms with Crippen LogP contribution >= 0.6 is 12.4 Å². The summed E-state index contributed by atoms with van der Waals surface area (Å²) in [6.07, 6.45) is -0.788. The van der Waals surface area contributed by atoms with Gasteiger partial charge in [0.15, 0.2) is 0 Å². The Kier molecular flexibility index (Phi) is 2.83. The number of hydrogen-bond donors (Lipinski definition) is 1. The van der Waals surface area contributed by atoms with Crippen LogP contribution in [0.1, 0.15) is 19.3 Å². The fourth-order valence-electron chi connectivity index (χ4n) is 0.672. The third-order valence-corrected chi connectivity index (χ3v) is 1.45. The standard InChI is InChI=1S/C5H9F2N.ClH/c6-4(7)3-5(8)1-2-5;/h4H,1-3,8H2;1H. The number of hydrogen-bond acceptors (Lipinski definition) is 1. The molecule has 0 aliphatic heterocycles. The maximum atomic E-state index is 11.5. The SMILES string of the molecule is Cl.NC1(CC(F)F)CC1. The molecule has 0 amide bonds. The molecule has 56 valence electrons. The normalized spacial score (nSPS) is 21.3. The summed E-state index contributed by atoms with van der Waals surface area (Å²) in [5.74, 6) is 0. The monoisotopic (exact) mass is 157 g/mol. The molecule has 0 unspecified atom stereocenters. The van der Waals surface area contributed by atoms with Crippen LogP contribution in [0, 0.1) is 0 Å². The molecule has 0 spiro atoms. The second-order valence-electron chi connectivity index (χ2n) is 2.46.